The van der Waals surface area contributed by atoms with Crippen LogP contribution < -0.4 is 5.69 Å². The van der Waals surface area contributed by atoms with Gasteiger partial charge in [-0.3, -0.25) is 4.98 Å². The van der Waals surface area contributed by atoms with Crippen LogP contribution in [0.5, 0.6) is 0 Å². The topological polar surface area (TPSA) is 61.5 Å². The van der Waals surface area contributed by atoms with Gasteiger partial charge < -0.3 is 0 Å². The first-order valence-corrected chi connectivity index (χ1v) is 6.75. The molecule has 2 aromatic rings. The number of hydrogen-bond acceptors (Lipinski definition) is 3. The third-order valence-corrected chi connectivity index (χ3v) is 3.48. The van der Waals surface area contributed by atoms with Gasteiger partial charge in [0.1, 0.15) is 5.82 Å². The minimum atomic E-state index is -0.225. The SMILES string of the molecule is O=c1[nH]nc(CCCSCc2ccccc2)[nH]1. The average Bonchev–Trinajstić information content (AvgIpc) is 2.76. The van der Waals surface area contributed by atoms with E-state index in [4.69, 9.17) is 0 Å². The first kappa shape index (κ1) is 12.0. The summed E-state index contributed by atoms with van der Waals surface area (Å²) in [6.45, 7) is 0. The Hall–Kier alpha value is -1.49. The molecule has 0 amide bonds. The van der Waals surface area contributed by atoms with Gasteiger partial charge in [-0.25, -0.2) is 9.89 Å². The number of nitrogens with zero attached hydrogens (tertiary/aromatic N) is 1. The Morgan fingerprint density at radius 1 is 1.24 bits per heavy atom. The predicted octanol–water partition coefficient (Wildman–Crippen LogP) is 1.96. The van der Waals surface area contributed by atoms with Crippen molar-refractivity contribution >= 4 is 11.8 Å². The first-order valence-electron chi connectivity index (χ1n) is 5.60. The molecule has 0 fully saturated rings. The third-order valence-electron chi connectivity index (χ3n) is 2.36. The van der Waals surface area contributed by atoms with Crippen LogP contribution in [0.15, 0.2) is 35.1 Å². The number of benzene rings is 1. The lowest BCUT2D eigenvalue weighted by atomic mass is 10.2. The second kappa shape index (κ2) is 6.30. The normalized spacial score (nSPS) is 10.6. The highest BCUT2D eigenvalue weighted by Gasteiger charge is 1.98. The second-order valence-corrected chi connectivity index (χ2v) is 4.87. The lowest BCUT2D eigenvalue weighted by Crippen LogP contribution is -2.01. The van der Waals surface area contributed by atoms with Crippen molar-refractivity contribution in [3.8, 4) is 0 Å². The number of H-pyrrole nitrogens is 2. The van der Waals surface area contributed by atoms with Gasteiger partial charge in [0.2, 0.25) is 0 Å². The Bertz CT molecular complexity index is 492. The van der Waals surface area contributed by atoms with E-state index in [0.29, 0.717) is 0 Å². The fourth-order valence-electron chi connectivity index (χ4n) is 1.53. The van der Waals surface area contributed by atoms with Crippen LogP contribution in [0, 0.1) is 0 Å². The van der Waals surface area contributed by atoms with Gasteiger partial charge >= 0.3 is 5.69 Å². The monoisotopic (exact) mass is 249 g/mol. The van der Waals surface area contributed by atoms with E-state index in [0.717, 1.165) is 30.2 Å². The van der Waals surface area contributed by atoms with E-state index < -0.39 is 0 Å². The van der Waals surface area contributed by atoms with E-state index >= 15 is 0 Å². The second-order valence-electron chi connectivity index (χ2n) is 3.77. The Balaban J connectivity index is 1.62. The Morgan fingerprint density at radius 2 is 2.06 bits per heavy atom. The first-order chi connectivity index (χ1) is 8.34. The lowest BCUT2D eigenvalue weighted by Gasteiger charge is -2.00. The van der Waals surface area contributed by atoms with Crippen molar-refractivity contribution in [3.05, 3.63) is 52.2 Å². The molecule has 90 valence electrons. The quantitative estimate of drug-likeness (QED) is 0.769. The number of nitrogens with one attached hydrogen (secondary N) is 2. The van der Waals surface area contributed by atoms with E-state index in [1.54, 1.807) is 0 Å². The van der Waals surface area contributed by atoms with Gasteiger partial charge in [-0.05, 0) is 17.7 Å². The van der Waals surface area contributed by atoms with Gasteiger partial charge in [-0.15, -0.1) is 0 Å². The minimum Gasteiger partial charge on any atom is -0.293 e. The Labute approximate surface area is 104 Å². The van der Waals surface area contributed by atoms with E-state index in [9.17, 15) is 4.79 Å². The molecule has 0 spiro atoms. The lowest BCUT2D eigenvalue weighted by molar-refractivity contribution is 0.848. The number of aromatic nitrogens is 3. The molecule has 0 saturated heterocycles. The van der Waals surface area contributed by atoms with Crippen molar-refractivity contribution in [3.63, 3.8) is 0 Å². The molecule has 0 aliphatic heterocycles. The predicted molar refractivity (Wildman–Crippen MR) is 70.1 cm³/mol. The molecule has 5 heteroatoms. The molecule has 4 nitrogen and oxygen atoms in total. The van der Waals surface area contributed by atoms with Crippen molar-refractivity contribution in [2.24, 2.45) is 0 Å². The molecule has 2 N–H and O–H groups in total. The summed E-state index contributed by atoms with van der Waals surface area (Å²) in [4.78, 5) is 13.4. The zero-order chi connectivity index (χ0) is 11.9. The molecule has 0 radical (unpaired) electrons. The van der Waals surface area contributed by atoms with Crippen molar-refractivity contribution < 1.29 is 0 Å². The summed E-state index contributed by atoms with van der Waals surface area (Å²) in [5, 5.41) is 6.24. The maximum Gasteiger partial charge on any atom is 0.340 e. The molecular formula is C12H15N3OS. The van der Waals surface area contributed by atoms with Crippen LogP contribution in [0.4, 0.5) is 0 Å². The molecule has 1 aromatic carbocycles. The van der Waals surface area contributed by atoms with Crippen molar-refractivity contribution in [2.75, 3.05) is 5.75 Å². The van der Waals surface area contributed by atoms with Gasteiger partial charge in [-0.1, -0.05) is 30.3 Å². The third kappa shape index (κ3) is 4.11. The molecule has 0 bridgehead atoms. The summed E-state index contributed by atoms with van der Waals surface area (Å²) < 4.78 is 0. The highest BCUT2D eigenvalue weighted by Crippen LogP contribution is 2.13. The molecule has 2 rings (SSSR count). The molecular weight excluding hydrogens is 234 g/mol. The van der Waals surface area contributed by atoms with Gasteiger partial charge in [0.15, 0.2) is 0 Å². The fourth-order valence-corrected chi connectivity index (χ4v) is 2.45. The van der Waals surface area contributed by atoms with Crippen molar-refractivity contribution in [1.82, 2.24) is 15.2 Å². The molecule has 1 heterocycles. The fraction of sp³-hybridized carbons (Fsp3) is 0.333. The van der Waals surface area contributed by atoms with E-state index in [-0.39, 0.29) is 5.69 Å². The Kier molecular flexibility index (Phi) is 4.44. The molecule has 1 aromatic heterocycles. The standard InChI is InChI=1S/C12H15N3OS/c16-12-13-11(14-15-12)7-4-8-17-9-10-5-2-1-3-6-10/h1-3,5-6H,4,7-9H2,(H2,13,14,15,16). The van der Waals surface area contributed by atoms with Crippen LogP contribution in [0.1, 0.15) is 17.8 Å². The van der Waals surface area contributed by atoms with Crippen LogP contribution >= 0.6 is 11.8 Å². The van der Waals surface area contributed by atoms with Crippen LogP contribution in [0.3, 0.4) is 0 Å². The number of aryl methyl sites for hydroxylation is 1. The number of rotatable bonds is 6. The molecule has 0 unspecified atom stereocenters. The van der Waals surface area contributed by atoms with Crippen LogP contribution in [-0.2, 0) is 12.2 Å². The van der Waals surface area contributed by atoms with Gasteiger partial charge in [0, 0.05) is 12.2 Å². The van der Waals surface area contributed by atoms with Crippen LogP contribution in [-0.4, -0.2) is 20.9 Å². The minimum absolute atomic E-state index is 0.225. The summed E-state index contributed by atoms with van der Waals surface area (Å²) in [7, 11) is 0. The van der Waals surface area contributed by atoms with Gasteiger partial charge in [0.25, 0.3) is 0 Å². The zero-order valence-corrected chi connectivity index (χ0v) is 10.3. The highest BCUT2D eigenvalue weighted by atomic mass is 32.2. The molecule has 0 saturated carbocycles. The summed E-state index contributed by atoms with van der Waals surface area (Å²) >= 11 is 1.90. The summed E-state index contributed by atoms with van der Waals surface area (Å²) in [6.07, 6.45) is 1.85. The number of hydrogen-bond donors (Lipinski definition) is 2. The largest absolute Gasteiger partial charge is 0.340 e. The maximum atomic E-state index is 10.8. The number of aromatic amines is 2. The van der Waals surface area contributed by atoms with Crippen molar-refractivity contribution in [1.29, 1.82) is 0 Å². The maximum absolute atomic E-state index is 10.8. The summed E-state index contributed by atoms with van der Waals surface area (Å²) in [6, 6.07) is 10.4. The van der Waals surface area contributed by atoms with Gasteiger partial charge in [-0.2, -0.15) is 16.9 Å². The van der Waals surface area contributed by atoms with E-state index in [1.807, 2.05) is 17.8 Å². The summed E-state index contributed by atoms with van der Waals surface area (Å²) in [5.41, 5.74) is 1.13. The average molecular weight is 249 g/mol. The summed E-state index contributed by atoms with van der Waals surface area (Å²) in [5.74, 6) is 2.86. The zero-order valence-electron chi connectivity index (χ0n) is 9.48. The highest BCUT2D eigenvalue weighted by molar-refractivity contribution is 7.98. The Morgan fingerprint density at radius 3 is 2.76 bits per heavy atom. The van der Waals surface area contributed by atoms with Gasteiger partial charge in [0.05, 0.1) is 0 Å². The van der Waals surface area contributed by atoms with Crippen molar-refractivity contribution in [2.45, 2.75) is 18.6 Å². The van der Waals surface area contributed by atoms with Crippen LogP contribution in [0.25, 0.3) is 0 Å². The molecule has 17 heavy (non-hydrogen) atoms. The molecule has 0 aliphatic rings. The van der Waals surface area contributed by atoms with E-state index in [1.165, 1.54) is 5.56 Å². The molecule has 0 atom stereocenters. The van der Waals surface area contributed by atoms with Crippen LogP contribution in [0.2, 0.25) is 0 Å². The molecule has 0 aliphatic carbocycles. The smallest absolute Gasteiger partial charge is 0.293 e. The van der Waals surface area contributed by atoms with E-state index in [2.05, 4.69) is 39.4 Å². The number of thioether (sulfide) groups is 1.